The van der Waals surface area contributed by atoms with Crippen LogP contribution in [0.5, 0.6) is 0 Å². The smallest absolute Gasteiger partial charge is 0.417 e. The van der Waals surface area contributed by atoms with Gasteiger partial charge in [-0.25, -0.2) is 4.79 Å². The second-order valence-corrected chi connectivity index (χ2v) is 3.22. The van der Waals surface area contributed by atoms with Crippen molar-refractivity contribution in [2.75, 3.05) is 0 Å². The van der Waals surface area contributed by atoms with Gasteiger partial charge in [0.15, 0.2) is 11.4 Å². The van der Waals surface area contributed by atoms with E-state index in [9.17, 15) is 14.4 Å². The number of carboxylic acids is 1. The molecule has 6 heteroatoms. The van der Waals surface area contributed by atoms with Crippen LogP contribution in [0.1, 0.15) is 16.8 Å². The third-order valence-corrected chi connectivity index (χ3v) is 2.05. The number of hydrogen-bond acceptors (Lipinski definition) is 4. The summed E-state index contributed by atoms with van der Waals surface area (Å²) in [5.74, 6) is -2.32. The molecule has 16 heavy (non-hydrogen) atoms. The maximum absolute atomic E-state index is 11.4. The Bertz CT molecular complexity index is 621. The number of aromatic nitrogens is 1. The van der Waals surface area contributed by atoms with Gasteiger partial charge in [0.2, 0.25) is 0 Å². The first kappa shape index (κ1) is 10.2. The zero-order valence-corrected chi connectivity index (χ0v) is 8.02. The van der Waals surface area contributed by atoms with Crippen molar-refractivity contribution in [3.63, 3.8) is 0 Å². The van der Waals surface area contributed by atoms with Gasteiger partial charge in [-0.2, -0.15) is 0 Å². The molecule has 0 saturated carbocycles. The predicted octanol–water partition coefficient (Wildman–Crippen LogP) is 0.778. The lowest BCUT2D eigenvalue weighted by atomic mass is 10.1. The van der Waals surface area contributed by atoms with Crippen LogP contribution in [0, 0.1) is 0 Å². The molecule has 1 heterocycles. The molecule has 82 valence electrons. The van der Waals surface area contributed by atoms with Crippen LogP contribution < -0.4 is 5.76 Å². The summed E-state index contributed by atoms with van der Waals surface area (Å²) >= 11 is 0. The van der Waals surface area contributed by atoms with Crippen molar-refractivity contribution < 1.29 is 19.1 Å². The number of oxazole rings is 1. The quantitative estimate of drug-likeness (QED) is 0.589. The lowest BCUT2D eigenvalue weighted by Crippen LogP contribution is -2.06. The van der Waals surface area contributed by atoms with Crippen molar-refractivity contribution in [3.8, 4) is 0 Å². The highest BCUT2D eigenvalue weighted by atomic mass is 16.4. The lowest BCUT2D eigenvalue weighted by Gasteiger charge is -1.96. The summed E-state index contributed by atoms with van der Waals surface area (Å²) in [6.07, 6.45) is -0.576. The Hall–Kier alpha value is -2.37. The minimum absolute atomic E-state index is 0.229. The Morgan fingerprint density at radius 1 is 1.38 bits per heavy atom. The average Bonchev–Trinajstić information content (AvgIpc) is 2.55. The molecule has 0 atom stereocenters. The molecule has 1 aromatic heterocycles. The molecule has 0 unspecified atom stereocenters. The molecular formula is C10H7NO5. The molecule has 6 nitrogen and oxygen atoms in total. The number of nitrogens with one attached hydrogen (secondary N) is 1. The fraction of sp³-hybridized carbons (Fsp3) is 0.100. The Morgan fingerprint density at radius 3 is 2.81 bits per heavy atom. The van der Waals surface area contributed by atoms with E-state index in [2.05, 4.69) is 4.98 Å². The van der Waals surface area contributed by atoms with Crippen LogP contribution in [-0.2, 0) is 4.79 Å². The molecule has 0 aliphatic carbocycles. The van der Waals surface area contributed by atoms with Crippen LogP contribution in [0.15, 0.2) is 27.4 Å². The molecule has 0 aliphatic heterocycles. The highest BCUT2D eigenvalue weighted by molar-refractivity contribution is 6.06. The van der Waals surface area contributed by atoms with Crippen molar-refractivity contribution in [2.45, 2.75) is 6.42 Å². The van der Waals surface area contributed by atoms with Gasteiger partial charge in [0.05, 0.1) is 5.52 Å². The van der Waals surface area contributed by atoms with Gasteiger partial charge < -0.3 is 9.52 Å². The SMILES string of the molecule is O=C(O)CC(=O)c1ccc2oc(=O)[nH]c2c1. The molecule has 0 fully saturated rings. The number of carbonyl (C=O) groups excluding carboxylic acids is 1. The van der Waals surface area contributed by atoms with E-state index in [0.29, 0.717) is 11.1 Å². The molecule has 0 bridgehead atoms. The topological polar surface area (TPSA) is 100 Å². The number of H-pyrrole nitrogens is 1. The van der Waals surface area contributed by atoms with Crippen LogP contribution >= 0.6 is 0 Å². The zero-order valence-electron chi connectivity index (χ0n) is 8.02. The molecule has 2 N–H and O–H groups in total. The number of carbonyl (C=O) groups is 2. The molecule has 1 aromatic carbocycles. The Morgan fingerprint density at radius 2 is 2.12 bits per heavy atom. The first-order valence-corrected chi connectivity index (χ1v) is 4.44. The van der Waals surface area contributed by atoms with Gasteiger partial charge in [-0.05, 0) is 18.2 Å². The van der Waals surface area contributed by atoms with Gasteiger partial charge in [-0.1, -0.05) is 0 Å². The zero-order chi connectivity index (χ0) is 11.7. The largest absolute Gasteiger partial charge is 0.481 e. The van der Waals surface area contributed by atoms with Crippen molar-refractivity contribution in [1.29, 1.82) is 0 Å². The average molecular weight is 221 g/mol. The highest BCUT2D eigenvalue weighted by Crippen LogP contribution is 2.13. The van der Waals surface area contributed by atoms with Gasteiger partial charge in [0, 0.05) is 5.56 Å². The normalized spacial score (nSPS) is 10.5. The van der Waals surface area contributed by atoms with E-state index in [1.807, 2.05) is 0 Å². The van der Waals surface area contributed by atoms with Crippen molar-refractivity contribution in [3.05, 3.63) is 34.3 Å². The Labute approximate surface area is 88.5 Å². The van der Waals surface area contributed by atoms with E-state index < -0.39 is 23.9 Å². The van der Waals surface area contributed by atoms with Crippen molar-refractivity contribution in [2.24, 2.45) is 0 Å². The van der Waals surface area contributed by atoms with Crippen molar-refractivity contribution in [1.82, 2.24) is 4.98 Å². The monoisotopic (exact) mass is 221 g/mol. The van der Waals surface area contributed by atoms with E-state index in [1.165, 1.54) is 18.2 Å². The second kappa shape index (κ2) is 3.65. The summed E-state index contributed by atoms with van der Waals surface area (Å²) in [6, 6.07) is 4.26. The second-order valence-electron chi connectivity index (χ2n) is 3.22. The molecule has 2 aromatic rings. The number of aliphatic carboxylic acids is 1. The molecule has 0 spiro atoms. The molecule has 0 radical (unpaired) electrons. The Balaban J connectivity index is 2.42. The van der Waals surface area contributed by atoms with E-state index in [-0.39, 0.29) is 5.56 Å². The van der Waals surface area contributed by atoms with Crippen LogP contribution in [0.4, 0.5) is 0 Å². The van der Waals surface area contributed by atoms with Crippen LogP contribution in [0.25, 0.3) is 11.1 Å². The van der Waals surface area contributed by atoms with E-state index in [1.54, 1.807) is 0 Å². The number of Topliss-reactive ketones (excluding diaryl/α,β-unsaturated/α-hetero) is 1. The third-order valence-electron chi connectivity index (χ3n) is 2.05. The summed E-state index contributed by atoms with van der Waals surface area (Å²) in [5.41, 5.74) is 0.935. The number of ketones is 1. The minimum atomic E-state index is -1.19. The summed E-state index contributed by atoms with van der Waals surface area (Å²) in [5, 5.41) is 8.47. The Kier molecular flexibility index (Phi) is 2.32. The van der Waals surface area contributed by atoms with Gasteiger partial charge in [-0.3, -0.25) is 14.6 Å². The number of carboxylic acid groups (broad SMARTS) is 1. The summed E-state index contributed by atoms with van der Waals surface area (Å²) in [6.45, 7) is 0. The number of fused-ring (bicyclic) bond motifs is 1. The molecular weight excluding hydrogens is 214 g/mol. The standard InChI is InChI=1S/C10H7NO5/c12-7(4-9(13)14)5-1-2-8-6(3-5)11-10(15)16-8/h1-3H,4H2,(H,11,15)(H,13,14). The summed E-state index contributed by atoms with van der Waals surface area (Å²) < 4.78 is 4.74. The van der Waals surface area contributed by atoms with Gasteiger partial charge in [0.1, 0.15) is 6.42 Å². The first-order chi connectivity index (χ1) is 7.56. The summed E-state index contributed by atoms with van der Waals surface area (Å²) in [4.78, 5) is 35.0. The maximum atomic E-state index is 11.4. The van der Waals surface area contributed by atoms with Crippen LogP contribution in [0.2, 0.25) is 0 Å². The number of benzene rings is 1. The van der Waals surface area contributed by atoms with Crippen molar-refractivity contribution >= 4 is 22.9 Å². The van der Waals surface area contributed by atoms with Gasteiger partial charge in [0.25, 0.3) is 0 Å². The molecule has 0 amide bonds. The fourth-order valence-electron chi connectivity index (χ4n) is 1.36. The predicted molar refractivity (Wildman–Crippen MR) is 53.4 cm³/mol. The molecule has 0 aliphatic rings. The van der Waals surface area contributed by atoms with E-state index in [4.69, 9.17) is 9.52 Å². The lowest BCUT2D eigenvalue weighted by molar-refractivity contribution is -0.135. The van der Waals surface area contributed by atoms with Crippen LogP contribution in [0.3, 0.4) is 0 Å². The van der Waals surface area contributed by atoms with Gasteiger partial charge >= 0.3 is 11.7 Å². The summed E-state index contributed by atoms with van der Waals surface area (Å²) in [7, 11) is 0. The molecule has 2 rings (SSSR count). The van der Waals surface area contributed by atoms with E-state index in [0.717, 1.165) is 0 Å². The minimum Gasteiger partial charge on any atom is -0.481 e. The van der Waals surface area contributed by atoms with E-state index >= 15 is 0 Å². The van der Waals surface area contributed by atoms with Crippen LogP contribution in [-0.4, -0.2) is 21.8 Å². The fourth-order valence-corrected chi connectivity index (χ4v) is 1.36. The number of hydrogen-bond donors (Lipinski definition) is 2. The highest BCUT2D eigenvalue weighted by Gasteiger charge is 2.12. The number of aromatic amines is 1. The third kappa shape index (κ3) is 1.85. The maximum Gasteiger partial charge on any atom is 0.417 e. The van der Waals surface area contributed by atoms with Gasteiger partial charge in [-0.15, -0.1) is 0 Å². The first-order valence-electron chi connectivity index (χ1n) is 4.44. The molecule has 0 saturated heterocycles. The number of rotatable bonds is 3.